The third-order valence-corrected chi connectivity index (χ3v) is 9.98. The summed E-state index contributed by atoms with van der Waals surface area (Å²) in [5.74, 6) is -0.315. The maximum absolute atomic E-state index is 12.2. The number of nitrogens with zero attached hydrogens (tertiary/aromatic N) is 4. The molecule has 38 heavy (non-hydrogen) atoms. The molecule has 4 aromatic rings. The number of anilines is 2. The van der Waals surface area contributed by atoms with E-state index in [1.54, 1.807) is 26.0 Å². The lowest BCUT2D eigenvalue weighted by Gasteiger charge is -2.05. The summed E-state index contributed by atoms with van der Waals surface area (Å²) in [4.78, 5) is 11.4. The molecule has 0 saturated carbocycles. The fraction of sp³-hybridized carbons (Fsp3) is 0.227. The van der Waals surface area contributed by atoms with Gasteiger partial charge < -0.3 is 10.5 Å². The highest BCUT2D eigenvalue weighted by atomic mass is 32.2. The van der Waals surface area contributed by atoms with E-state index in [1.807, 2.05) is 0 Å². The molecule has 2 aromatic carbocycles. The molecule has 4 rings (SSSR count). The Morgan fingerprint density at radius 1 is 0.789 bits per heavy atom. The molecule has 16 heteroatoms. The first kappa shape index (κ1) is 29.1. The number of ether oxygens (including phenoxy) is 1. The van der Waals surface area contributed by atoms with Gasteiger partial charge in [0.2, 0.25) is 0 Å². The monoisotopic (exact) mass is 596 g/mol. The zero-order valence-corrected chi connectivity index (χ0v) is 23.7. The standard InChI is InChI=1S/C12H13N3O4S2.C10H11N3O2S2/c1-8-14-15-11(20-8)7-21(17,18)10-5-3-9(4-6-10)13-12(16)19-2;1-7-12-13-10(16-7)6-17(14,15)9-4-2-8(11)3-5-9/h3-6H,7H2,1-2H3,(H,13,16);2-5H,6,11H2,1H3. The lowest BCUT2D eigenvalue weighted by atomic mass is 10.3. The largest absolute Gasteiger partial charge is 0.453 e. The Hall–Kier alpha value is -3.47. The average Bonchev–Trinajstić information content (AvgIpc) is 3.46. The normalized spacial score (nSPS) is 11.3. The fourth-order valence-corrected chi connectivity index (χ4v) is 7.48. The number of aryl methyl sites for hydroxylation is 2. The molecule has 0 fully saturated rings. The molecule has 2 aromatic heterocycles. The zero-order chi connectivity index (χ0) is 27.9. The number of methoxy groups -OCH3 is 1. The minimum absolute atomic E-state index is 0.123. The van der Waals surface area contributed by atoms with Gasteiger partial charge >= 0.3 is 6.09 Å². The predicted octanol–water partition coefficient (Wildman–Crippen LogP) is 3.40. The second-order valence-corrected chi connectivity index (χ2v) is 14.2. The maximum Gasteiger partial charge on any atom is 0.411 e. The third kappa shape index (κ3) is 8.27. The van der Waals surface area contributed by atoms with Crippen molar-refractivity contribution < 1.29 is 26.4 Å². The van der Waals surface area contributed by atoms with Gasteiger partial charge in [-0.05, 0) is 62.4 Å². The molecule has 0 bridgehead atoms. The highest BCUT2D eigenvalue weighted by Gasteiger charge is 2.19. The van der Waals surface area contributed by atoms with E-state index in [1.165, 1.54) is 66.2 Å². The number of benzene rings is 2. The number of nitrogens with one attached hydrogen (secondary N) is 1. The van der Waals surface area contributed by atoms with Crippen LogP contribution in [-0.2, 0) is 35.9 Å². The van der Waals surface area contributed by atoms with E-state index in [0.29, 0.717) is 21.4 Å². The molecule has 0 aliphatic carbocycles. The van der Waals surface area contributed by atoms with Crippen LogP contribution in [-0.4, -0.2) is 50.4 Å². The van der Waals surface area contributed by atoms with Crippen molar-refractivity contribution in [3.63, 3.8) is 0 Å². The Bertz CT molecular complexity index is 1600. The molecule has 0 aliphatic heterocycles. The molecule has 0 atom stereocenters. The molecule has 0 saturated heterocycles. The molecule has 2 heterocycles. The number of aromatic nitrogens is 4. The van der Waals surface area contributed by atoms with Gasteiger partial charge in [-0.25, -0.2) is 21.6 Å². The van der Waals surface area contributed by atoms with Crippen LogP contribution in [0, 0.1) is 13.8 Å². The second-order valence-electron chi connectivity index (χ2n) is 7.66. The number of nitrogens with two attached hydrogens (primary N) is 1. The number of carbonyl (C=O) groups is 1. The predicted molar refractivity (Wildman–Crippen MR) is 144 cm³/mol. The molecule has 0 spiro atoms. The van der Waals surface area contributed by atoms with E-state index in [2.05, 4.69) is 30.4 Å². The van der Waals surface area contributed by atoms with E-state index < -0.39 is 25.8 Å². The van der Waals surface area contributed by atoms with Crippen molar-refractivity contribution >= 4 is 59.8 Å². The number of hydrogen-bond acceptors (Lipinski definition) is 13. The van der Waals surface area contributed by atoms with E-state index in [9.17, 15) is 21.6 Å². The minimum atomic E-state index is -3.49. The summed E-state index contributed by atoms with van der Waals surface area (Å²) in [6, 6.07) is 12.0. The van der Waals surface area contributed by atoms with Crippen LogP contribution in [0.25, 0.3) is 0 Å². The fourth-order valence-electron chi connectivity index (χ4n) is 2.87. The van der Waals surface area contributed by atoms with Crippen LogP contribution in [0.3, 0.4) is 0 Å². The molecular weight excluding hydrogens is 573 g/mol. The Morgan fingerprint density at radius 2 is 1.21 bits per heavy atom. The molecule has 0 unspecified atom stereocenters. The minimum Gasteiger partial charge on any atom is -0.453 e. The van der Waals surface area contributed by atoms with E-state index in [4.69, 9.17) is 5.73 Å². The smallest absolute Gasteiger partial charge is 0.411 e. The van der Waals surface area contributed by atoms with Crippen LogP contribution in [0.4, 0.5) is 16.2 Å². The van der Waals surface area contributed by atoms with Gasteiger partial charge in [0.1, 0.15) is 31.5 Å². The van der Waals surface area contributed by atoms with Gasteiger partial charge in [0.05, 0.1) is 16.9 Å². The zero-order valence-electron chi connectivity index (χ0n) is 20.5. The summed E-state index contributed by atoms with van der Waals surface area (Å²) in [7, 11) is -5.60. The molecule has 1 amide bonds. The number of nitrogen functional groups attached to an aromatic ring is 1. The number of hydrogen-bond donors (Lipinski definition) is 2. The van der Waals surface area contributed by atoms with Gasteiger partial charge in [0, 0.05) is 11.4 Å². The third-order valence-electron chi connectivity index (χ3n) is 4.65. The van der Waals surface area contributed by atoms with Crippen molar-refractivity contribution in [2.24, 2.45) is 0 Å². The van der Waals surface area contributed by atoms with Gasteiger partial charge in [-0.3, -0.25) is 5.32 Å². The first-order valence-corrected chi connectivity index (χ1v) is 15.7. The summed E-state index contributed by atoms with van der Waals surface area (Å²) in [6.45, 7) is 3.55. The highest BCUT2D eigenvalue weighted by Crippen LogP contribution is 2.21. The van der Waals surface area contributed by atoms with Crippen molar-refractivity contribution in [2.75, 3.05) is 18.2 Å². The average molecular weight is 597 g/mol. The quantitative estimate of drug-likeness (QED) is 0.298. The van der Waals surface area contributed by atoms with Crippen LogP contribution in [0.15, 0.2) is 58.3 Å². The van der Waals surface area contributed by atoms with Crippen LogP contribution >= 0.6 is 22.7 Å². The Labute approximate surface area is 227 Å². The topological polar surface area (TPSA) is 184 Å². The summed E-state index contributed by atoms with van der Waals surface area (Å²) in [5, 5.41) is 20.1. The second kappa shape index (κ2) is 12.4. The number of sulfone groups is 2. The summed E-state index contributed by atoms with van der Waals surface area (Å²) in [6.07, 6.45) is -0.616. The van der Waals surface area contributed by atoms with Crippen molar-refractivity contribution in [3.8, 4) is 0 Å². The van der Waals surface area contributed by atoms with Crippen molar-refractivity contribution in [1.29, 1.82) is 0 Å². The maximum atomic E-state index is 12.2. The highest BCUT2D eigenvalue weighted by molar-refractivity contribution is 7.91. The molecule has 0 radical (unpaired) electrons. The van der Waals surface area contributed by atoms with E-state index in [0.717, 1.165) is 10.0 Å². The van der Waals surface area contributed by atoms with Gasteiger partial charge in [-0.15, -0.1) is 43.1 Å². The molecule has 3 N–H and O–H groups in total. The van der Waals surface area contributed by atoms with Gasteiger partial charge in [0.25, 0.3) is 0 Å². The SMILES string of the molecule is COC(=O)Nc1ccc(S(=O)(=O)Cc2nnc(C)s2)cc1.Cc1nnc(CS(=O)(=O)c2ccc(N)cc2)s1. The molecule has 202 valence electrons. The lowest BCUT2D eigenvalue weighted by Crippen LogP contribution is -2.11. The first-order valence-electron chi connectivity index (χ1n) is 10.7. The van der Waals surface area contributed by atoms with Crippen molar-refractivity contribution in [3.05, 3.63) is 68.6 Å². The van der Waals surface area contributed by atoms with Crippen LogP contribution in [0.1, 0.15) is 20.0 Å². The van der Waals surface area contributed by atoms with Crippen LogP contribution < -0.4 is 11.1 Å². The van der Waals surface area contributed by atoms with Gasteiger partial charge in [0.15, 0.2) is 19.7 Å². The molecular formula is C22H24N6O6S4. The summed E-state index contributed by atoms with van der Waals surface area (Å²) >= 11 is 2.54. The number of amides is 1. The van der Waals surface area contributed by atoms with Crippen LogP contribution in [0.2, 0.25) is 0 Å². The first-order chi connectivity index (χ1) is 17.9. The number of rotatable bonds is 7. The van der Waals surface area contributed by atoms with E-state index in [-0.39, 0.29) is 21.3 Å². The summed E-state index contributed by atoms with van der Waals surface area (Å²) < 4.78 is 52.9. The molecule has 12 nitrogen and oxygen atoms in total. The van der Waals surface area contributed by atoms with Gasteiger partial charge in [-0.2, -0.15) is 0 Å². The van der Waals surface area contributed by atoms with Gasteiger partial charge in [-0.1, -0.05) is 0 Å². The van der Waals surface area contributed by atoms with Crippen LogP contribution in [0.5, 0.6) is 0 Å². The number of carbonyl (C=O) groups excluding carboxylic acids is 1. The van der Waals surface area contributed by atoms with E-state index >= 15 is 0 Å². The summed E-state index contributed by atoms with van der Waals surface area (Å²) in [5.41, 5.74) is 6.50. The Kier molecular flexibility index (Phi) is 9.48. The molecule has 0 aliphatic rings. The lowest BCUT2D eigenvalue weighted by molar-refractivity contribution is 0.187. The van der Waals surface area contributed by atoms with Crippen molar-refractivity contribution in [2.45, 2.75) is 35.1 Å². The Morgan fingerprint density at radius 3 is 1.58 bits per heavy atom. The Balaban J connectivity index is 0.000000215. The van der Waals surface area contributed by atoms with Crippen molar-refractivity contribution in [1.82, 2.24) is 20.4 Å².